The molecule has 1 aromatic carbocycles. The van der Waals surface area contributed by atoms with E-state index < -0.39 is 8.80 Å². The molecule has 0 unspecified atom stereocenters. The standard InChI is InChI=1S/C11H17FO3Si/c1-13-16(14-2,15-3)9-8-10-4-6-11(12)7-5-10/h4-7H,8-9H2,1-3H3. The van der Waals surface area contributed by atoms with Crippen LogP contribution in [0, 0.1) is 5.82 Å². The third-order valence-electron chi connectivity index (χ3n) is 2.57. The summed E-state index contributed by atoms with van der Waals surface area (Å²) in [6.45, 7) is 0. The summed E-state index contributed by atoms with van der Waals surface area (Å²) in [5.74, 6) is -0.225. The van der Waals surface area contributed by atoms with Gasteiger partial charge < -0.3 is 13.3 Å². The molecule has 0 aliphatic carbocycles. The van der Waals surface area contributed by atoms with Crippen LogP contribution in [0.1, 0.15) is 5.56 Å². The van der Waals surface area contributed by atoms with E-state index in [1.165, 1.54) is 12.1 Å². The van der Waals surface area contributed by atoms with Crippen LogP contribution in [-0.4, -0.2) is 30.1 Å². The summed E-state index contributed by atoms with van der Waals surface area (Å²) in [4.78, 5) is 0. The molecule has 0 aromatic heterocycles. The van der Waals surface area contributed by atoms with Gasteiger partial charge in [-0.15, -0.1) is 0 Å². The van der Waals surface area contributed by atoms with Crippen LogP contribution in [0.2, 0.25) is 6.04 Å². The normalized spacial score (nSPS) is 11.8. The molecule has 0 aliphatic rings. The van der Waals surface area contributed by atoms with Gasteiger partial charge in [-0.25, -0.2) is 4.39 Å². The van der Waals surface area contributed by atoms with E-state index in [0.29, 0.717) is 6.04 Å². The number of hydrogen-bond acceptors (Lipinski definition) is 3. The molecule has 0 spiro atoms. The molecule has 90 valence electrons. The summed E-state index contributed by atoms with van der Waals surface area (Å²) in [6.07, 6.45) is 0.752. The van der Waals surface area contributed by atoms with E-state index in [0.717, 1.165) is 12.0 Å². The molecule has 1 rings (SSSR count). The minimum atomic E-state index is -2.51. The Morgan fingerprint density at radius 2 is 1.50 bits per heavy atom. The predicted molar refractivity (Wildman–Crippen MR) is 61.7 cm³/mol. The van der Waals surface area contributed by atoms with Crippen molar-refractivity contribution in [1.29, 1.82) is 0 Å². The SMILES string of the molecule is CO[Si](CCc1ccc(F)cc1)(OC)OC. The Bertz CT molecular complexity index is 303. The van der Waals surface area contributed by atoms with Crippen LogP contribution in [0.25, 0.3) is 0 Å². The van der Waals surface area contributed by atoms with E-state index in [4.69, 9.17) is 13.3 Å². The molecule has 0 saturated heterocycles. The summed E-state index contributed by atoms with van der Waals surface area (Å²) in [5.41, 5.74) is 1.05. The molecule has 0 heterocycles. The number of rotatable bonds is 6. The Kier molecular flexibility index (Phi) is 5.07. The van der Waals surface area contributed by atoms with E-state index in [9.17, 15) is 4.39 Å². The largest absolute Gasteiger partial charge is 0.500 e. The Morgan fingerprint density at radius 3 is 1.94 bits per heavy atom. The molecule has 16 heavy (non-hydrogen) atoms. The van der Waals surface area contributed by atoms with E-state index >= 15 is 0 Å². The number of hydrogen-bond donors (Lipinski definition) is 0. The zero-order chi connectivity index (χ0) is 12.0. The van der Waals surface area contributed by atoms with Crippen LogP contribution >= 0.6 is 0 Å². The number of halogens is 1. The average Bonchev–Trinajstić information content (AvgIpc) is 2.34. The lowest BCUT2D eigenvalue weighted by Gasteiger charge is -2.24. The van der Waals surface area contributed by atoms with E-state index in [1.807, 2.05) is 0 Å². The molecule has 0 radical (unpaired) electrons. The highest BCUT2D eigenvalue weighted by Crippen LogP contribution is 2.16. The lowest BCUT2D eigenvalue weighted by atomic mass is 10.2. The molecule has 3 nitrogen and oxygen atoms in total. The van der Waals surface area contributed by atoms with Gasteiger partial charge in [0, 0.05) is 27.4 Å². The van der Waals surface area contributed by atoms with Crippen molar-refractivity contribution in [2.24, 2.45) is 0 Å². The predicted octanol–water partition coefficient (Wildman–Crippen LogP) is 2.25. The highest BCUT2D eigenvalue weighted by molar-refractivity contribution is 6.60. The summed E-state index contributed by atoms with van der Waals surface area (Å²) in [6, 6.07) is 7.10. The molecular weight excluding hydrogens is 227 g/mol. The van der Waals surface area contributed by atoms with Gasteiger partial charge >= 0.3 is 8.80 Å². The van der Waals surface area contributed by atoms with E-state index in [-0.39, 0.29) is 5.82 Å². The van der Waals surface area contributed by atoms with Gasteiger partial charge in [-0.2, -0.15) is 0 Å². The Labute approximate surface area is 96.5 Å². The quantitative estimate of drug-likeness (QED) is 0.718. The van der Waals surface area contributed by atoms with Crippen LogP contribution < -0.4 is 0 Å². The summed E-state index contributed by atoms with van der Waals surface area (Å²) in [5, 5.41) is 0. The lowest BCUT2D eigenvalue weighted by Crippen LogP contribution is -2.43. The van der Waals surface area contributed by atoms with Gasteiger partial charge in [-0.05, 0) is 24.1 Å². The van der Waals surface area contributed by atoms with E-state index in [1.54, 1.807) is 33.5 Å². The van der Waals surface area contributed by atoms with Crippen LogP contribution in [-0.2, 0) is 19.7 Å². The number of aryl methyl sites for hydroxylation is 1. The Morgan fingerprint density at radius 1 is 1.00 bits per heavy atom. The minimum Gasteiger partial charge on any atom is -0.377 e. The van der Waals surface area contributed by atoms with Gasteiger partial charge in [0.25, 0.3) is 0 Å². The molecule has 0 aliphatic heterocycles. The summed E-state index contributed by atoms with van der Waals surface area (Å²) >= 11 is 0. The smallest absolute Gasteiger partial charge is 0.377 e. The molecule has 0 N–H and O–H groups in total. The number of benzene rings is 1. The van der Waals surface area contributed by atoms with E-state index in [2.05, 4.69) is 0 Å². The van der Waals surface area contributed by atoms with Crippen molar-refractivity contribution >= 4 is 8.80 Å². The molecule has 1 aromatic rings. The van der Waals surface area contributed by atoms with Crippen LogP contribution in [0.15, 0.2) is 24.3 Å². The minimum absolute atomic E-state index is 0.225. The first-order valence-electron chi connectivity index (χ1n) is 5.05. The van der Waals surface area contributed by atoms with Gasteiger partial charge in [0.1, 0.15) is 5.82 Å². The first-order chi connectivity index (χ1) is 7.65. The van der Waals surface area contributed by atoms with Crippen molar-refractivity contribution < 1.29 is 17.7 Å². The van der Waals surface area contributed by atoms with Gasteiger partial charge in [0.15, 0.2) is 0 Å². The van der Waals surface area contributed by atoms with Crippen molar-refractivity contribution in [3.63, 3.8) is 0 Å². The van der Waals surface area contributed by atoms with Crippen molar-refractivity contribution in [1.82, 2.24) is 0 Å². The fourth-order valence-electron chi connectivity index (χ4n) is 1.50. The van der Waals surface area contributed by atoms with Crippen LogP contribution in [0.4, 0.5) is 4.39 Å². The second-order valence-corrected chi connectivity index (χ2v) is 6.51. The van der Waals surface area contributed by atoms with Crippen molar-refractivity contribution in [2.75, 3.05) is 21.3 Å². The summed E-state index contributed by atoms with van der Waals surface area (Å²) < 4.78 is 28.6. The maximum Gasteiger partial charge on any atom is 0.500 e. The first kappa shape index (κ1) is 13.3. The molecule has 0 bridgehead atoms. The second-order valence-electron chi connectivity index (χ2n) is 3.42. The average molecular weight is 244 g/mol. The Balaban J connectivity index is 2.58. The highest BCUT2D eigenvalue weighted by atomic mass is 28.4. The maximum absolute atomic E-state index is 12.7. The van der Waals surface area contributed by atoms with Crippen molar-refractivity contribution in [3.8, 4) is 0 Å². The third kappa shape index (κ3) is 3.38. The zero-order valence-electron chi connectivity index (χ0n) is 9.83. The van der Waals surface area contributed by atoms with Gasteiger partial charge in [-0.3, -0.25) is 0 Å². The maximum atomic E-state index is 12.7. The third-order valence-corrected chi connectivity index (χ3v) is 5.29. The monoisotopic (exact) mass is 244 g/mol. The van der Waals surface area contributed by atoms with Crippen molar-refractivity contribution in [2.45, 2.75) is 12.5 Å². The lowest BCUT2D eigenvalue weighted by molar-refractivity contribution is 0.123. The van der Waals surface area contributed by atoms with Gasteiger partial charge in [0.05, 0.1) is 0 Å². The molecular formula is C11H17FO3Si. The Hall–Kier alpha value is -0.753. The first-order valence-corrected chi connectivity index (χ1v) is 6.99. The summed E-state index contributed by atoms with van der Waals surface area (Å²) in [7, 11) is 2.25. The molecule has 0 fully saturated rings. The zero-order valence-corrected chi connectivity index (χ0v) is 10.8. The molecule has 0 amide bonds. The molecule has 0 saturated carbocycles. The highest BCUT2D eigenvalue weighted by Gasteiger charge is 2.36. The molecule has 0 atom stereocenters. The topological polar surface area (TPSA) is 27.7 Å². The fourth-order valence-corrected chi connectivity index (χ4v) is 3.21. The van der Waals surface area contributed by atoms with Crippen LogP contribution in [0.3, 0.4) is 0 Å². The fraction of sp³-hybridized carbons (Fsp3) is 0.455. The van der Waals surface area contributed by atoms with Gasteiger partial charge in [0.2, 0.25) is 0 Å². The molecule has 5 heteroatoms. The van der Waals surface area contributed by atoms with Gasteiger partial charge in [-0.1, -0.05) is 12.1 Å². The van der Waals surface area contributed by atoms with Crippen LogP contribution in [0.5, 0.6) is 0 Å². The second kappa shape index (κ2) is 6.10. The van der Waals surface area contributed by atoms with Crippen molar-refractivity contribution in [3.05, 3.63) is 35.6 Å².